The van der Waals surface area contributed by atoms with E-state index in [2.05, 4.69) is 12.2 Å². The molecule has 4 atom stereocenters. The molecule has 2 aliphatic carbocycles. The summed E-state index contributed by atoms with van der Waals surface area (Å²) in [7, 11) is 0. The Hall–Kier alpha value is -2.10. The molecular formula is C15H14N2O2. The van der Waals surface area contributed by atoms with Gasteiger partial charge in [-0.1, -0.05) is 18.2 Å². The van der Waals surface area contributed by atoms with Gasteiger partial charge in [-0.05, 0) is 36.5 Å². The fourth-order valence-corrected chi connectivity index (χ4v) is 3.82. The van der Waals surface area contributed by atoms with E-state index < -0.39 is 0 Å². The van der Waals surface area contributed by atoms with Gasteiger partial charge in [0.25, 0.3) is 0 Å². The third-order valence-corrected chi connectivity index (χ3v) is 4.60. The molecule has 4 unspecified atom stereocenters. The van der Waals surface area contributed by atoms with Crippen LogP contribution in [-0.4, -0.2) is 11.8 Å². The molecule has 4 rings (SSSR count). The monoisotopic (exact) mass is 254 g/mol. The van der Waals surface area contributed by atoms with Crippen molar-refractivity contribution in [1.82, 2.24) is 0 Å². The summed E-state index contributed by atoms with van der Waals surface area (Å²) in [4.78, 5) is 26.4. The molecule has 1 saturated carbocycles. The smallest absolute Gasteiger partial charge is 0.238 e. The fourth-order valence-electron chi connectivity index (χ4n) is 3.82. The molecule has 1 aromatic carbocycles. The first-order valence-corrected chi connectivity index (χ1v) is 6.58. The predicted molar refractivity (Wildman–Crippen MR) is 71.1 cm³/mol. The minimum atomic E-state index is -0.149. The van der Waals surface area contributed by atoms with Crippen molar-refractivity contribution in [2.24, 2.45) is 23.7 Å². The van der Waals surface area contributed by atoms with Gasteiger partial charge in [-0.25, -0.2) is 4.90 Å². The minimum absolute atomic E-state index is 0.0579. The largest absolute Gasteiger partial charge is 0.399 e. The average Bonchev–Trinajstić information content (AvgIpc) is 3.04. The molecule has 96 valence electrons. The van der Waals surface area contributed by atoms with Gasteiger partial charge in [0.05, 0.1) is 17.5 Å². The summed E-state index contributed by atoms with van der Waals surface area (Å²) in [5, 5.41) is 0. The summed E-state index contributed by atoms with van der Waals surface area (Å²) < 4.78 is 0. The third-order valence-electron chi connectivity index (χ3n) is 4.60. The van der Waals surface area contributed by atoms with E-state index in [1.54, 1.807) is 24.3 Å². The zero-order chi connectivity index (χ0) is 13.1. The molecule has 2 fully saturated rings. The zero-order valence-electron chi connectivity index (χ0n) is 10.3. The van der Waals surface area contributed by atoms with Crippen molar-refractivity contribution in [1.29, 1.82) is 0 Å². The first-order chi connectivity index (χ1) is 9.16. The quantitative estimate of drug-likeness (QED) is 0.470. The molecule has 0 radical (unpaired) electrons. The molecule has 1 aromatic rings. The van der Waals surface area contributed by atoms with Crippen LogP contribution in [0, 0.1) is 23.7 Å². The second kappa shape index (κ2) is 3.47. The number of fused-ring (bicyclic) bond motifs is 5. The zero-order valence-corrected chi connectivity index (χ0v) is 10.3. The molecule has 3 aliphatic rings. The number of nitrogens with two attached hydrogens (primary N) is 1. The first kappa shape index (κ1) is 10.8. The number of amides is 2. The van der Waals surface area contributed by atoms with Crippen molar-refractivity contribution in [3.8, 4) is 0 Å². The van der Waals surface area contributed by atoms with Crippen molar-refractivity contribution < 1.29 is 9.59 Å². The molecule has 19 heavy (non-hydrogen) atoms. The SMILES string of the molecule is Nc1cccc(N2C(=O)C3C4C=CC(C4)C3C2=O)c1. The number of imide groups is 1. The second-order valence-corrected chi connectivity index (χ2v) is 5.61. The predicted octanol–water partition coefficient (Wildman–Crippen LogP) is 1.58. The Morgan fingerprint density at radius 3 is 2.26 bits per heavy atom. The molecule has 0 aromatic heterocycles. The van der Waals surface area contributed by atoms with Gasteiger partial charge in [0.2, 0.25) is 11.8 Å². The van der Waals surface area contributed by atoms with Crippen molar-refractivity contribution >= 4 is 23.2 Å². The normalized spacial score (nSPS) is 35.3. The van der Waals surface area contributed by atoms with Gasteiger partial charge in [0.15, 0.2) is 0 Å². The summed E-state index contributed by atoms with van der Waals surface area (Å²) in [6.07, 6.45) is 5.15. The number of allylic oxidation sites excluding steroid dienone is 2. The average molecular weight is 254 g/mol. The second-order valence-electron chi connectivity index (χ2n) is 5.61. The maximum Gasteiger partial charge on any atom is 0.238 e. The number of anilines is 2. The Morgan fingerprint density at radius 2 is 1.68 bits per heavy atom. The Balaban J connectivity index is 1.77. The highest BCUT2D eigenvalue weighted by Gasteiger charge is 2.59. The van der Waals surface area contributed by atoms with Crippen molar-refractivity contribution in [2.75, 3.05) is 10.6 Å². The van der Waals surface area contributed by atoms with E-state index in [0.29, 0.717) is 11.4 Å². The van der Waals surface area contributed by atoms with Gasteiger partial charge in [-0.2, -0.15) is 0 Å². The summed E-state index contributed by atoms with van der Waals surface area (Å²) in [6, 6.07) is 6.97. The van der Waals surface area contributed by atoms with Crippen molar-refractivity contribution in [3.63, 3.8) is 0 Å². The van der Waals surface area contributed by atoms with Crippen LogP contribution in [0.3, 0.4) is 0 Å². The van der Waals surface area contributed by atoms with Gasteiger partial charge in [-0.3, -0.25) is 9.59 Å². The van der Waals surface area contributed by atoms with Crippen LogP contribution in [0.4, 0.5) is 11.4 Å². The Kier molecular flexibility index (Phi) is 1.97. The maximum atomic E-state index is 12.5. The van der Waals surface area contributed by atoms with Gasteiger partial charge in [-0.15, -0.1) is 0 Å². The lowest BCUT2D eigenvalue weighted by molar-refractivity contribution is -0.123. The topological polar surface area (TPSA) is 63.4 Å². The molecule has 1 heterocycles. The summed E-state index contributed by atoms with van der Waals surface area (Å²) >= 11 is 0. The molecule has 2 amide bonds. The highest BCUT2D eigenvalue weighted by Crippen LogP contribution is 2.53. The highest BCUT2D eigenvalue weighted by molar-refractivity contribution is 6.22. The number of rotatable bonds is 1. The van der Waals surface area contributed by atoms with Crippen LogP contribution in [0.15, 0.2) is 36.4 Å². The van der Waals surface area contributed by atoms with Crippen molar-refractivity contribution in [2.45, 2.75) is 6.42 Å². The van der Waals surface area contributed by atoms with Gasteiger partial charge < -0.3 is 5.73 Å². The van der Waals surface area contributed by atoms with E-state index in [0.717, 1.165) is 6.42 Å². The van der Waals surface area contributed by atoms with E-state index in [-0.39, 0.29) is 35.5 Å². The van der Waals surface area contributed by atoms with E-state index in [1.807, 2.05) is 0 Å². The van der Waals surface area contributed by atoms with Crippen LogP contribution in [0.5, 0.6) is 0 Å². The Morgan fingerprint density at radius 1 is 1.05 bits per heavy atom. The molecule has 1 saturated heterocycles. The fraction of sp³-hybridized carbons (Fsp3) is 0.333. The van der Waals surface area contributed by atoms with Crippen LogP contribution in [0.1, 0.15) is 6.42 Å². The van der Waals surface area contributed by atoms with Gasteiger partial charge >= 0.3 is 0 Å². The van der Waals surface area contributed by atoms with E-state index in [1.165, 1.54) is 4.90 Å². The van der Waals surface area contributed by atoms with Gasteiger partial charge in [0, 0.05) is 5.69 Å². The molecule has 4 heteroatoms. The lowest BCUT2D eigenvalue weighted by atomic mass is 9.85. The number of hydrogen-bond donors (Lipinski definition) is 1. The first-order valence-electron chi connectivity index (χ1n) is 6.58. The molecule has 4 nitrogen and oxygen atoms in total. The lowest BCUT2D eigenvalue weighted by Crippen LogP contribution is -2.32. The van der Waals surface area contributed by atoms with Crippen LogP contribution in [-0.2, 0) is 9.59 Å². The van der Waals surface area contributed by atoms with E-state index in [9.17, 15) is 9.59 Å². The van der Waals surface area contributed by atoms with Crippen LogP contribution in [0.25, 0.3) is 0 Å². The number of carbonyl (C=O) groups excluding carboxylic acids is 2. The van der Waals surface area contributed by atoms with Crippen LogP contribution in [0.2, 0.25) is 0 Å². The number of nitrogens with zero attached hydrogens (tertiary/aromatic N) is 1. The van der Waals surface area contributed by atoms with Gasteiger partial charge in [0.1, 0.15) is 0 Å². The highest BCUT2D eigenvalue weighted by atomic mass is 16.2. The molecule has 0 spiro atoms. The lowest BCUT2D eigenvalue weighted by Gasteiger charge is -2.17. The molecule has 1 aliphatic heterocycles. The molecule has 2 bridgehead atoms. The van der Waals surface area contributed by atoms with E-state index >= 15 is 0 Å². The molecule has 2 N–H and O–H groups in total. The Bertz CT molecular complexity index is 592. The Labute approximate surface area is 110 Å². The standard InChI is InChI=1S/C15H14N2O2/c16-10-2-1-3-11(7-10)17-14(18)12-8-4-5-9(6-8)13(12)15(17)19/h1-5,7-9,12-13H,6,16H2. The minimum Gasteiger partial charge on any atom is -0.399 e. The number of hydrogen-bond acceptors (Lipinski definition) is 3. The van der Waals surface area contributed by atoms with Crippen molar-refractivity contribution in [3.05, 3.63) is 36.4 Å². The van der Waals surface area contributed by atoms with Crippen LogP contribution >= 0.6 is 0 Å². The summed E-state index contributed by atoms with van der Waals surface area (Å²) in [5.41, 5.74) is 6.90. The number of carbonyl (C=O) groups is 2. The number of benzene rings is 1. The van der Waals surface area contributed by atoms with Crippen LogP contribution < -0.4 is 10.6 Å². The number of nitrogen functional groups attached to an aromatic ring is 1. The summed E-state index contributed by atoms with van der Waals surface area (Å²) in [5.74, 6) is 0.0813. The summed E-state index contributed by atoms with van der Waals surface area (Å²) in [6.45, 7) is 0. The third kappa shape index (κ3) is 1.28. The molecular weight excluding hydrogens is 240 g/mol. The maximum absolute atomic E-state index is 12.5. The van der Waals surface area contributed by atoms with E-state index in [4.69, 9.17) is 5.73 Å².